The van der Waals surface area contributed by atoms with Crippen LogP contribution in [-0.4, -0.2) is 0 Å². The molecule has 3 heteroatoms. The van der Waals surface area contributed by atoms with Crippen molar-refractivity contribution in [3.05, 3.63) is 67.1 Å². The Kier molecular flexibility index (Phi) is 4.75. The molecule has 0 aromatic heterocycles. The van der Waals surface area contributed by atoms with Gasteiger partial charge >= 0.3 is 0 Å². The van der Waals surface area contributed by atoms with Gasteiger partial charge in [0.2, 0.25) is 0 Å². The second-order valence-electron chi connectivity index (χ2n) is 4.84. The van der Waals surface area contributed by atoms with Gasteiger partial charge in [-0.3, -0.25) is 0 Å². The van der Waals surface area contributed by atoms with E-state index in [1.807, 2.05) is 12.1 Å². The van der Waals surface area contributed by atoms with E-state index < -0.39 is 0 Å². The lowest BCUT2D eigenvalue weighted by Crippen LogP contribution is -2.01. The molecule has 0 saturated heterocycles. The standard InChI is InChI=1S/C16H15Br2Cl/c1-9-6-10(2)15(11(3)7-9)16(19)13-8-12(17)4-5-14(13)18/h4-8,16H,1-3H3. The third-order valence-electron chi connectivity index (χ3n) is 3.22. The highest BCUT2D eigenvalue weighted by Crippen LogP contribution is 2.38. The Morgan fingerprint density at radius 1 is 0.947 bits per heavy atom. The molecule has 0 nitrogen and oxygen atoms in total. The van der Waals surface area contributed by atoms with Crippen molar-refractivity contribution in [3.8, 4) is 0 Å². The molecule has 100 valence electrons. The minimum absolute atomic E-state index is 0.146. The predicted octanol–water partition coefficient (Wildman–Crippen LogP) is 6.47. The smallest absolute Gasteiger partial charge is 0.0851 e. The molecule has 0 aliphatic heterocycles. The molecule has 0 spiro atoms. The molecule has 2 aromatic carbocycles. The first kappa shape index (κ1) is 15.1. The molecule has 0 radical (unpaired) electrons. The van der Waals surface area contributed by atoms with E-state index in [0.29, 0.717) is 0 Å². The maximum atomic E-state index is 6.72. The molecule has 2 rings (SSSR count). The first-order valence-electron chi connectivity index (χ1n) is 6.07. The molecule has 1 atom stereocenters. The zero-order valence-corrected chi connectivity index (χ0v) is 15.0. The number of benzene rings is 2. The van der Waals surface area contributed by atoms with E-state index in [9.17, 15) is 0 Å². The Bertz CT molecular complexity index is 597. The van der Waals surface area contributed by atoms with Crippen LogP contribution in [0.5, 0.6) is 0 Å². The molecule has 0 fully saturated rings. The summed E-state index contributed by atoms with van der Waals surface area (Å²) in [7, 11) is 0. The van der Waals surface area contributed by atoms with Crippen molar-refractivity contribution in [1.29, 1.82) is 0 Å². The number of aryl methyl sites for hydroxylation is 3. The Balaban J connectivity index is 2.56. The first-order valence-corrected chi connectivity index (χ1v) is 8.09. The fourth-order valence-electron chi connectivity index (χ4n) is 2.46. The van der Waals surface area contributed by atoms with Gasteiger partial charge in [0.1, 0.15) is 0 Å². The van der Waals surface area contributed by atoms with Crippen LogP contribution in [-0.2, 0) is 0 Å². The average molecular weight is 403 g/mol. The summed E-state index contributed by atoms with van der Waals surface area (Å²) in [6.45, 7) is 6.36. The summed E-state index contributed by atoms with van der Waals surface area (Å²) in [5.74, 6) is 0. The summed E-state index contributed by atoms with van der Waals surface area (Å²) < 4.78 is 2.08. The van der Waals surface area contributed by atoms with Crippen LogP contribution in [0, 0.1) is 20.8 Å². The van der Waals surface area contributed by atoms with Crippen LogP contribution in [0.1, 0.15) is 33.2 Å². The van der Waals surface area contributed by atoms with E-state index in [4.69, 9.17) is 11.6 Å². The van der Waals surface area contributed by atoms with Gasteiger partial charge in [-0.1, -0.05) is 49.6 Å². The summed E-state index contributed by atoms with van der Waals surface area (Å²) >= 11 is 13.8. The van der Waals surface area contributed by atoms with Crippen LogP contribution >= 0.6 is 43.5 Å². The van der Waals surface area contributed by atoms with Crippen molar-refractivity contribution in [2.75, 3.05) is 0 Å². The second-order valence-corrected chi connectivity index (χ2v) is 7.05. The van der Waals surface area contributed by atoms with Crippen molar-refractivity contribution < 1.29 is 0 Å². The van der Waals surface area contributed by atoms with Crippen LogP contribution in [0.15, 0.2) is 39.3 Å². The molecule has 0 N–H and O–H groups in total. The van der Waals surface area contributed by atoms with Crippen LogP contribution in [0.2, 0.25) is 0 Å². The van der Waals surface area contributed by atoms with E-state index in [-0.39, 0.29) is 5.38 Å². The van der Waals surface area contributed by atoms with Crippen molar-refractivity contribution >= 4 is 43.5 Å². The molecular formula is C16H15Br2Cl. The van der Waals surface area contributed by atoms with Crippen LogP contribution in [0.3, 0.4) is 0 Å². The molecule has 0 amide bonds. The minimum atomic E-state index is -0.146. The summed E-state index contributed by atoms with van der Waals surface area (Å²) in [4.78, 5) is 0. The summed E-state index contributed by atoms with van der Waals surface area (Å²) in [5, 5.41) is -0.146. The maximum Gasteiger partial charge on any atom is 0.0851 e. The van der Waals surface area contributed by atoms with Crippen LogP contribution in [0.25, 0.3) is 0 Å². The number of hydrogen-bond donors (Lipinski definition) is 0. The van der Waals surface area contributed by atoms with Crippen LogP contribution < -0.4 is 0 Å². The van der Waals surface area contributed by atoms with Gasteiger partial charge in [0.15, 0.2) is 0 Å². The third kappa shape index (κ3) is 3.24. The van der Waals surface area contributed by atoms with E-state index in [1.54, 1.807) is 0 Å². The number of hydrogen-bond acceptors (Lipinski definition) is 0. The highest BCUT2D eigenvalue weighted by molar-refractivity contribution is 9.11. The molecular weight excluding hydrogens is 387 g/mol. The lowest BCUT2D eigenvalue weighted by Gasteiger charge is -2.18. The lowest BCUT2D eigenvalue weighted by atomic mass is 9.94. The highest BCUT2D eigenvalue weighted by Gasteiger charge is 2.18. The van der Waals surface area contributed by atoms with Gasteiger partial charge in [0.05, 0.1) is 5.38 Å². The fourth-order valence-corrected chi connectivity index (χ4v) is 3.97. The van der Waals surface area contributed by atoms with E-state index in [1.165, 1.54) is 22.3 Å². The SMILES string of the molecule is Cc1cc(C)c(C(Cl)c2cc(Br)ccc2Br)c(C)c1. The monoisotopic (exact) mass is 400 g/mol. The maximum absolute atomic E-state index is 6.72. The quantitative estimate of drug-likeness (QED) is 0.505. The van der Waals surface area contributed by atoms with Crippen molar-refractivity contribution in [1.82, 2.24) is 0 Å². The molecule has 2 aromatic rings. The normalized spacial score (nSPS) is 12.5. The van der Waals surface area contributed by atoms with Gasteiger partial charge < -0.3 is 0 Å². The molecule has 19 heavy (non-hydrogen) atoms. The zero-order chi connectivity index (χ0) is 14.2. The number of alkyl halides is 1. The fraction of sp³-hybridized carbons (Fsp3) is 0.250. The highest BCUT2D eigenvalue weighted by atomic mass is 79.9. The molecule has 1 unspecified atom stereocenters. The van der Waals surface area contributed by atoms with Crippen molar-refractivity contribution in [2.45, 2.75) is 26.1 Å². The van der Waals surface area contributed by atoms with Gasteiger partial charge in [-0.25, -0.2) is 0 Å². The van der Waals surface area contributed by atoms with Gasteiger partial charge in [0, 0.05) is 8.95 Å². The Hall–Kier alpha value is -0.310. The van der Waals surface area contributed by atoms with Gasteiger partial charge in [-0.05, 0) is 61.2 Å². The Morgan fingerprint density at radius 3 is 2.11 bits per heavy atom. The molecule has 0 bridgehead atoms. The zero-order valence-electron chi connectivity index (χ0n) is 11.1. The van der Waals surface area contributed by atoms with Gasteiger partial charge in [-0.15, -0.1) is 11.6 Å². The minimum Gasteiger partial charge on any atom is -0.113 e. The average Bonchev–Trinajstić information content (AvgIpc) is 2.30. The molecule has 0 aliphatic carbocycles. The lowest BCUT2D eigenvalue weighted by molar-refractivity contribution is 1.06. The number of rotatable bonds is 2. The Morgan fingerprint density at radius 2 is 1.53 bits per heavy atom. The topological polar surface area (TPSA) is 0 Å². The second kappa shape index (κ2) is 5.99. The number of halogens is 3. The summed E-state index contributed by atoms with van der Waals surface area (Å²) in [6.07, 6.45) is 0. The van der Waals surface area contributed by atoms with Gasteiger partial charge in [-0.2, -0.15) is 0 Å². The first-order chi connectivity index (χ1) is 8.90. The van der Waals surface area contributed by atoms with E-state index in [2.05, 4.69) is 70.8 Å². The summed E-state index contributed by atoms with van der Waals surface area (Å²) in [5.41, 5.74) is 6.04. The molecule has 0 heterocycles. The Labute approximate surface area is 136 Å². The van der Waals surface area contributed by atoms with Gasteiger partial charge in [0.25, 0.3) is 0 Å². The third-order valence-corrected chi connectivity index (χ3v) is 4.89. The molecule has 0 aliphatic rings. The predicted molar refractivity (Wildman–Crippen MR) is 90.2 cm³/mol. The van der Waals surface area contributed by atoms with Crippen LogP contribution in [0.4, 0.5) is 0 Å². The van der Waals surface area contributed by atoms with Crippen molar-refractivity contribution in [2.24, 2.45) is 0 Å². The van der Waals surface area contributed by atoms with E-state index >= 15 is 0 Å². The van der Waals surface area contributed by atoms with Crippen molar-refractivity contribution in [3.63, 3.8) is 0 Å². The molecule has 0 saturated carbocycles. The van der Waals surface area contributed by atoms with E-state index in [0.717, 1.165) is 14.5 Å². The summed E-state index contributed by atoms with van der Waals surface area (Å²) in [6, 6.07) is 10.5. The largest absolute Gasteiger partial charge is 0.113 e.